The molecule has 1 aromatic carbocycles. The first kappa shape index (κ1) is 16.8. The average molecular weight is 458 g/mol. The monoisotopic (exact) mass is 456 g/mol. The SMILES string of the molecule is Cc1[nH][nH]c(=O)c1C(c1cc(Br)c(O)c(Br)c1)c1c(C)[nH][nH]c1=O. The Morgan fingerprint density at radius 2 is 1.29 bits per heavy atom. The second-order valence-corrected chi connectivity index (χ2v) is 7.21. The summed E-state index contributed by atoms with van der Waals surface area (Å²) in [4.78, 5) is 24.7. The molecule has 0 amide bonds. The van der Waals surface area contributed by atoms with E-state index in [1.807, 2.05) is 0 Å². The quantitative estimate of drug-likeness (QED) is 0.416. The number of hydrogen-bond acceptors (Lipinski definition) is 3. The number of benzene rings is 1. The van der Waals surface area contributed by atoms with Crippen LogP contribution < -0.4 is 11.1 Å². The summed E-state index contributed by atoms with van der Waals surface area (Å²) in [6.07, 6.45) is 0. The van der Waals surface area contributed by atoms with E-state index in [9.17, 15) is 14.7 Å². The van der Waals surface area contributed by atoms with Gasteiger partial charge in [0.1, 0.15) is 5.75 Å². The molecular weight excluding hydrogens is 444 g/mol. The third-order valence-corrected chi connectivity index (χ3v) is 5.18. The number of H-pyrrole nitrogens is 4. The summed E-state index contributed by atoms with van der Waals surface area (Å²) in [5.74, 6) is -0.542. The van der Waals surface area contributed by atoms with Crippen LogP contribution in [0, 0.1) is 13.8 Å². The second-order valence-electron chi connectivity index (χ2n) is 5.50. The first-order valence-corrected chi connectivity index (χ1v) is 8.62. The van der Waals surface area contributed by atoms with Gasteiger partial charge in [0, 0.05) is 17.3 Å². The lowest BCUT2D eigenvalue weighted by molar-refractivity contribution is 0.468. The number of aromatic hydroxyl groups is 1. The molecule has 2 heterocycles. The van der Waals surface area contributed by atoms with Gasteiger partial charge in [-0.15, -0.1) is 0 Å². The van der Waals surface area contributed by atoms with E-state index in [0.29, 0.717) is 37.0 Å². The topological polar surface area (TPSA) is 118 Å². The summed E-state index contributed by atoms with van der Waals surface area (Å²) in [6.45, 7) is 3.53. The Hall–Kier alpha value is -2.00. The average Bonchev–Trinajstić information content (AvgIpc) is 3.02. The minimum atomic E-state index is -0.594. The smallest absolute Gasteiger partial charge is 0.268 e. The maximum atomic E-state index is 12.3. The molecule has 0 saturated carbocycles. The molecule has 0 aliphatic carbocycles. The lowest BCUT2D eigenvalue weighted by Crippen LogP contribution is -2.20. The zero-order valence-electron chi connectivity index (χ0n) is 12.8. The molecule has 0 aliphatic heterocycles. The van der Waals surface area contributed by atoms with Gasteiger partial charge in [-0.3, -0.25) is 19.8 Å². The molecule has 0 atom stereocenters. The van der Waals surface area contributed by atoms with Crippen molar-refractivity contribution in [3.05, 3.63) is 69.9 Å². The first-order valence-electron chi connectivity index (χ1n) is 7.03. The standard InChI is InChI=1S/C15H14Br2N4O3/c1-5-10(14(23)20-18-5)12(11-6(2)19-21-15(11)24)7-3-8(16)13(22)9(17)4-7/h3-4,12,22H,1-2H3,(H2,18,20,23)(H2,19,21,24). The molecule has 7 nitrogen and oxygen atoms in total. The molecule has 0 spiro atoms. The maximum Gasteiger partial charge on any atom is 0.268 e. The summed E-state index contributed by atoms with van der Waals surface area (Å²) in [6, 6.07) is 3.39. The van der Waals surface area contributed by atoms with Crippen molar-refractivity contribution in [3.8, 4) is 5.75 Å². The molecule has 0 unspecified atom stereocenters. The Bertz CT molecular complexity index is 951. The summed E-state index contributed by atoms with van der Waals surface area (Å²) in [5.41, 5.74) is 2.29. The van der Waals surface area contributed by atoms with E-state index >= 15 is 0 Å². The maximum absolute atomic E-state index is 12.3. The first-order chi connectivity index (χ1) is 11.3. The van der Waals surface area contributed by atoms with Crippen molar-refractivity contribution >= 4 is 31.9 Å². The van der Waals surface area contributed by atoms with E-state index in [2.05, 4.69) is 52.3 Å². The Morgan fingerprint density at radius 3 is 1.62 bits per heavy atom. The Balaban J connectivity index is 2.36. The summed E-state index contributed by atoms with van der Waals surface area (Å²) >= 11 is 6.60. The van der Waals surface area contributed by atoms with Gasteiger partial charge in [-0.1, -0.05) is 0 Å². The zero-order valence-corrected chi connectivity index (χ0v) is 15.9. The van der Waals surface area contributed by atoms with Gasteiger partial charge in [-0.25, -0.2) is 0 Å². The molecule has 0 saturated heterocycles. The number of aryl methyl sites for hydroxylation is 2. The van der Waals surface area contributed by atoms with Gasteiger partial charge >= 0.3 is 0 Å². The zero-order chi connectivity index (χ0) is 17.6. The van der Waals surface area contributed by atoms with Crippen LogP contribution in [0.5, 0.6) is 5.75 Å². The fraction of sp³-hybridized carbons (Fsp3) is 0.200. The normalized spacial score (nSPS) is 11.4. The van der Waals surface area contributed by atoms with Gasteiger partial charge < -0.3 is 15.3 Å². The van der Waals surface area contributed by atoms with Crippen molar-refractivity contribution < 1.29 is 5.11 Å². The molecule has 24 heavy (non-hydrogen) atoms. The molecule has 0 radical (unpaired) electrons. The highest BCUT2D eigenvalue weighted by Crippen LogP contribution is 2.39. The van der Waals surface area contributed by atoms with Crippen LogP contribution in [0.1, 0.15) is 34.0 Å². The highest BCUT2D eigenvalue weighted by atomic mass is 79.9. The van der Waals surface area contributed by atoms with Gasteiger partial charge in [-0.05, 0) is 63.4 Å². The van der Waals surface area contributed by atoms with Crippen molar-refractivity contribution in [3.63, 3.8) is 0 Å². The van der Waals surface area contributed by atoms with Crippen molar-refractivity contribution in [2.24, 2.45) is 0 Å². The third-order valence-electron chi connectivity index (χ3n) is 3.97. The highest BCUT2D eigenvalue weighted by molar-refractivity contribution is 9.11. The Morgan fingerprint density at radius 1 is 0.875 bits per heavy atom. The van der Waals surface area contributed by atoms with E-state index < -0.39 is 5.92 Å². The molecule has 126 valence electrons. The van der Waals surface area contributed by atoms with Crippen LogP contribution in [0.2, 0.25) is 0 Å². The predicted octanol–water partition coefficient (Wildman–Crippen LogP) is 2.75. The van der Waals surface area contributed by atoms with Gasteiger partial charge in [0.2, 0.25) is 0 Å². The number of hydrogen-bond donors (Lipinski definition) is 5. The van der Waals surface area contributed by atoms with Gasteiger partial charge in [0.15, 0.2) is 0 Å². The van der Waals surface area contributed by atoms with Crippen molar-refractivity contribution in [1.82, 2.24) is 20.4 Å². The molecule has 0 aliphatic rings. The molecule has 0 fully saturated rings. The summed E-state index contributed by atoms with van der Waals surface area (Å²) < 4.78 is 0.928. The molecule has 5 N–H and O–H groups in total. The lowest BCUT2D eigenvalue weighted by atomic mass is 9.85. The summed E-state index contributed by atoms with van der Waals surface area (Å²) in [7, 11) is 0. The van der Waals surface area contributed by atoms with Gasteiger partial charge in [0.25, 0.3) is 11.1 Å². The van der Waals surface area contributed by atoms with Crippen LogP contribution in [-0.4, -0.2) is 25.5 Å². The van der Waals surface area contributed by atoms with Crippen LogP contribution >= 0.6 is 31.9 Å². The molecule has 0 bridgehead atoms. The molecule has 9 heteroatoms. The molecule has 3 rings (SSSR count). The highest BCUT2D eigenvalue weighted by Gasteiger charge is 2.29. The Kier molecular flexibility index (Phi) is 4.31. The fourth-order valence-corrected chi connectivity index (χ4v) is 4.06. The summed E-state index contributed by atoms with van der Waals surface area (Å²) in [5, 5.41) is 20.6. The Labute approximate surface area is 152 Å². The number of aromatic amines is 4. The van der Waals surface area contributed by atoms with E-state index in [1.165, 1.54) is 0 Å². The fourth-order valence-electron chi connectivity index (χ4n) is 2.84. The van der Waals surface area contributed by atoms with Crippen LogP contribution in [0.25, 0.3) is 0 Å². The minimum Gasteiger partial charge on any atom is -0.506 e. The minimum absolute atomic E-state index is 0.0527. The predicted molar refractivity (Wildman–Crippen MR) is 96.8 cm³/mol. The van der Waals surface area contributed by atoms with E-state index in [-0.39, 0.29) is 16.9 Å². The number of halogens is 2. The number of phenolic OH excluding ortho intramolecular Hbond substituents is 1. The van der Waals surface area contributed by atoms with Crippen molar-refractivity contribution in [2.45, 2.75) is 19.8 Å². The van der Waals surface area contributed by atoms with Gasteiger partial charge in [0.05, 0.1) is 20.1 Å². The van der Waals surface area contributed by atoms with Crippen molar-refractivity contribution in [2.75, 3.05) is 0 Å². The molecular formula is C15H14Br2N4O3. The van der Waals surface area contributed by atoms with Crippen LogP contribution in [0.3, 0.4) is 0 Å². The second kappa shape index (κ2) is 6.14. The number of rotatable bonds is 3. The third kappa shape index (κ3) is 2.67. The van der Waals surface area contributed by atoms with E-state index in [0.717, 1.165) is 0 Å². The number of phenols is 1. The van der Waals surface area contributed by atoms with E-state index in [1.54, 1.807) is 26.0 Å². The molecule has 2 aromatic heterocycles. The van der Waals surface area contributed by atoms with Crippen LogP contribution in [-0.2, 0) is 0 Å². The number of aromatic nitrogens is 4. The van der Waals surface area contributed by atoms with Crippen LogP contribution in [0.15, 0.2) is 30.7 Å². The van der Waals surface area contributed by atoms with Gasteiger partial charge in [-0.2, -0.15) is 0 Å². The largest absolute Gasteiger partial charge is 0.506 e. The van der Waals surface area contributed by atoms with Crippen LogP contribution in [0.4, 0.5) is 0 Å². The lowest BCUT2D eigenvalue weighted by Gasteiger charge is -2.17. The number of nitrogens with one attached hydrogen (secondary N) is 4. The van der Waals surface area contributed by atoms with Crippen molar-refractivity contribution in [1.29, 1.82) is 0 Å². The molecule has 3 aromatic rings. The van der Waals surface area contributed by atoms with E-state index in [4.69, 9.17) is 0 Å².